The second kappa shape index (κ2) is 9.30. The van der Waals surface area contributed by atoms with Crippen LogP contribution in [0.2, 0.25) is 0 Å². The van der Waals surface area contributed by atoms with Crippen LogP contribution in [0.1, 0.15) is 46.1 Å². The molecule has 1 aromatic carbocycles. The van der Waals surface area contributed by atoms with Gasteiger partial charge in [-0.15, -0.1) is 0 Å². The highest BCUT2D eigenvalue weighted by Gasteiger charge is 2.19. The van der Waals surface area contributed by atoms with E-state index in [9.17, 15) is 9.59 Å². The number of rotatable bonds is 8. The third kappa shape index (κ3) is 8.98. The maximum atomic E-state index is 11.7. The van der Waals surface area contributed by atoms with Crippen LogP contribution in [0.25, 0.3) is 0 Å². The summed E-state index contributed by atoms with van der Waals surface area (Å²) >= 11 is 0. The molecule has 128 valence electrons. The summed E-state index contributed by atoms with van der Waals surface area (Å²) in [6.45, 7) is 7.83. The summed E-state index contributed by atoms with van der Waals surface area (Å²) in [4.78, 5) is 22.7. The van der Waals surface area contributed by atoms with Gasteiger partial charge in [-0.05, 0) is 46.1 Å². The predicted molar refractivity (Wildman–Crippen MR) is 89.1 cm³/mol. The Bertz CT molecular complexity index is 482. The van der Waals surface area contributed by atoms with Crippen molar-refractivity contribution in [2.45, 2.75) is 64.9 Å². The number of aldehydes is 1. The molecule has 0 radical (unpaired) electrons. The van der Waals surface area contributed by atoms with E-state index >= 15 is 0 Å². The molecule has 0 aromatic heterocycles. The summed E-state index contributed by atoms with van der Waals surface area (Å²) in [7, 11) is 0. The Morgan fingerprint density at radius 1 is 1.22 bits per heavy atom. The van der Waals surface area contributed by atoms with E-state index in [0.717, 1.165) is 11.8 Å². The molecular weight excluding hydrogens is 294 g/mol. The van der Waals surface area contributed by atoms with E-state index in [1.165, 1.54) is 0 Å². The van der Waals surface area contributed by atoms with Gasteiger partial charge in [0.1, 0.15) is 11.9 Å². The third-order valence-corrected chi connectivity index (χ3v) is 3.13. The van der Waals surface area contributed by atoms with Crippen molar-refractivity contribution in [1.29, 1.82) is 0 Å². The minimum atomic E-state index is -0.580. The van der Waals surface area contributed by atoms with Gasteiger partial charge in [0.15, 0.2) is 0 Å². The summed E-state index contributed by atoms with van der Waals surface area (Å²) in [5.74, 6) is 0. The Morgan fingerprint density at radius 3 is 2.43 bits per heavy atom. The molecular formula is C18H27NO4. The number of benzene rings is 1. The molecule has 0 saturated heterocycles. The number of amides is 1. The predicted octanol–water partition coefficient (Wildman–Crippen LogP) is 3.46. The summed E-state index contributed by atoms with van der Waals surface area (Å²) in [6, 6.07) is 9.35. The van der Waals surface area contributed by atoms with Gasteiger partial charge in [0.2, 0.25) is 0 Å². The van der Waals surface area contributed by atoms with Gasteiger partial charge < -0.3 is 19.6 Å². The van der Waals surface area contributed by atoms with Crippen LogP contribution in [0.15, 0.2) is 30.3 Å². The van der Waals surface area contributed by atoms with Gasteiger partial charge in [-0.2, -0.15) is 0 Å². The Balaban J connectivity index is 2.30. The molecule has 0 heterocycles. The molecule has 5 heteroatoms. The molecule has 0 bridgehead atoms. The molecule has 0 spiro atoms. The van der Waals surface area contributed by atoms with Gasteiger partial charge in [0.05, 0.1) is 18.8 Å². The molecule has 1 amide bonds. The lowest BCUT2D eigenvalue weighted by Crippen LogP contribution is -2.40. The molecule has 5 nitrogen and oxygen atoms in total. The van der Waals surface area contributed by atoms with Crippen LogP contribution >= 0.6 is 0 Å². The van der Waals surface area contributed by atoms with E-state index in [4.69, 9.17) is 9.47 Å². The SMILES string of the molecule is CC(CCC(C=O)NC(=O)OC(C)(C)C)OCc1ccccc1. The zero-order valence-electron chi connectivity index (χ0n) is 14.4. The van der Waals surface area contributed by atoms with Crippen molar-refractivity contribution in [3.63, 3.8) is 0 Å². The highest BCUT2D eigenvalue weighted by Crippen LogP contribution is 2.10. The molecule has 1 aromatic rings. The first-order valence-electron chi connectivity index (χ1n) is 7.90. The number of hydrogen-bond acceptors (Lipinski definition) is 4. The van der Waals surface area contributed by atoms with E-state index in [1.807, 2.05) is 37.3 Å². The summed E-state index contributed by atoms with van der Waals surface area (Å²) < 4.78 is 10.9. The highest BCUT2D eigenvalue weighted by atomic mass is 16.6. The second-order valence-corrected chi connectivity index (χ2v) is 6.57. The Labute approximate surface area is 138 Å². The number of alkyl carbamates (subject to hydrolysis) is 1. The van der Waals surface area contributed by atoms with E-state index < -0.39 is 17.7 Å². The van der Waals surface area contributed by atoms with Crippen molar-refractivity contribution in [3.05, 3.63) is 35.9 Å². The minimum Gasteiger partial charge on any atom is -0.444 e. The fraction of sp³-hybridized carbons (Fsp3) is 0.556. The van der Waals surface area contributed by atoms with Crippen molar-refractivity contribution in [2.24, 2.45) is 0 Å². The molecule has 23 heavy (non-hydrogen) atoms. The Hall–Kier alpha value is -1.88. The first-order chi connectivity index (χ1) is 10.8. The molecule has 2 atom stereocenters. The summed E-state index contributed by atoms with van der Waals surface area (Å²) in [5, 5.41) is 2.57. The van der Waals surface area contributed by atoms with Crippen LogP contribution < -0.4 is 5.32 Å². The molecule has 0 aliphatic carbocycles. The van der Waals surface area contributed by atoms with Gasteiger partial charge in [-0.25, -0.2) is 4.79 Å². The van der Waals surface area contributed by atoms with Crippen molar-refractivity contribution >= 4 is 12.4 Å². The summed E-state index contributed by atoms with van der Waals surface area (Å²) in [6.07, 6.45) is 1.34. The quantitative estimate of drug-likeness (QED) is 0.745. The Kier molecular flexibility index (Phi) is 7.75. The third-order valence-electron chi connectivity index (χ3n) is 3.13. The van der Waals surface area contributed by atoms with E-state index in [1.54, 1.807) is 20.8 Å². The number of ether oxygens (including phenoxy) is 2. The molecule has 0 fully saturated rings. The van der Waals surface area contributed by atoms with Crippen LogP contribution in [0.5, 0.6) is 0 Å². The maximum Gasteiger partial charge on any atom is 0.408 e. The number of carbonyl (C=O) groups is 2. The highest BCUT2D eigenvalue weighted by molar-refractivity contribution is 5.73. The fourth-order valence-corrected chi connectivity index (χ4v) is 1.94. The van der Waals surface area contributed by atoms with E-state index in [-0.39, 0.29) is 6.10 Å². The maximum absolute atomic E-state index is 11.7. The zero-order valence-corrected chi connectivity index (χ0v) is 14.4. The monoisotopic (exact) mass is 321 g/mol. The van der Waals surface area contributed by atoms with Crippen LogP contribution in [0, 0.1) is 0 Å². The standard InChI is InChI=1S/C18H27NO4/c1-14(22-13-15-8-6-5-7-9-15)10-11-16(12-20)19-17(21)23-18(2,3)4/h5-9,12,14,16H,10-11,13H2,1-4H3,(H,19,21). The van der Waals surface area contributed by atoms with Crippen LogP contribution in [0.3, 0.4) is 0 Å². The molecule has 1 rings (SSSR count). The van der Waals surface area contributed by atoms with Crippen molar-refractivity contribution < 1.29 is 19.1 Å². The first kappa shape index (κ1) is 19.2. The summed E-state index contributed by atoms with van der Waals surface area (Å²) in [5.41, 5.74) is 0.530. The smallest absolute Gasteiger partial charge is 0.408 e. The first-order valence-corrected chi connectivity index (χ1v) is 7.90. The second-order valence-electron chi connectivity index (χ2n) is 6.57. The largest absolute Gasteiger partial charge is 0.444 e. The van der Waals surface area contributed by atoms with Crippen molar-refractivity contribution in [2.75, 3.05) is 0 Å². The number of nitrogens with one attached hydrogen (secondary N) is 1. The van der Waals surface area contributed by atoms with Gasteiger partial charge in [-0.3, -0.25) is 0 Å². The molecule has 0 saturated carbocycles. The number of carbonyl (C=O) groups excluding carboxylic acids is 2. The van der Waals surface area contributed by atoms with Gasteiger partial charge in [0.25, 0.3) is 0 Å². The topological polar surface area (TPSA) is 64.6 Å². The van der Waals surface area contributed by atoms with Crippen molar-refractivity contribution in [1.82, 2.24) is 5.32 Å². The lowest BCUT2D eigenvalue weighted by molar-refractivity contribution is -0.110. The normalized spacial score (nSPS) is 13.9. The van der Waals surface area contributed by atoms with Crippen LogP contribution in [-0.4, -0.2) is 30.1 Å². The van der Waals surface area contributed by atoms with Gasteiger partial charge in [0, 0.05) is 0 Å². The lowest BCUT2D eigenvalue weighted by atomic mass is 10.1. The van der Waals surface area contributed by atoms with Crippen LogP contribution in [-0.2, 0) is 20.9 Å². The molecule has 2 unspecified atom stereocenters. The van der Waals surface area contributed by atoms with Crippen molar-refractivity contribution in [3.8, 4) is 0 Å². The lowest BCUT2D eigenvalue weighted by Gasteiger charge is -2.22. The fourth-order valence-electron chi connectivity index (χ4n) is 1.94. The van der Waals surface area contributed by atoms with Gasteiger partial charge >= 0.3 is 6.09 Å². The Morgan fingerprint density at radius 2 is 1.87 bits per heavy atom. The van der Waals surface area contributed by atoms with Crippen LogP contribution in [0.4, 0.5) is 4.79 Å². The average Bonchev–Trinajstić information content (AvgIpc) is 2.48. The van der Waals surface area contributed by atoms with E-state index in [2.05, 4.69) is 5.32 Å². The average molecular weight is 321 g/mol. The molecule has 1 N–H and O–H groups in total. The van der Waals surface area contributed by atoms with E-state index in [0.29, 0.717) is 19.4 Å². The minimum absolute atomic E-state index is 0.00177. The number of hydrogen-bond donors (Lipinski definition) is 1. The molecule has 0 aliphatic heterocycles. The molecule has 0 aliphatic rings. The zero-order chi connectivity index (χ0) is 17.3. The van der Waals surface area contributed by atoms with Gasteiger partial charge in [-0.1, -0.05) is 30.3 Å².